The lowest BCUT2D eigenvalue weighted by molar-refractivity contribution is -0.384. The van der Waals surface area contributed by atoms with Crippen LogP contribution in [-0.2, 0) is 5.41 Å². The van der Waals surface area contributed by atoms with Crippen molar-refractivity contribution in [3.63, 3.8) is 0 Å². The summed E-state index contributed by atoms with van der Waals surface area (Å²) in [6, 6.07) is 17.8. The van der Waals surface area contributed by atoms with Gasteiger partial charge in [0.1, 0.15) is 5.41 Å². The first-order chi connectivity index (χ1) is 9.08. The van der Waals surface area contributed by atoms with E-state index >= 15 is 0 Å². The van der Waals surface area contributed by atoms with E-state index in [0.717, 1.165) is 11.1 Å². The SMILES string of the molecule is CC(C#N)(c1ccccc1)c1ccc([N+](=O)[O-])cc1. The number of nitrogens with zero attached hydrogens (tertiary/aromatic N) is 2. The fourth-order valence-electron chi connectivity index (χ4n) is 1.98. The summed E-state index contributed by atoms with van der Waals surface area (Å²) in [4.78, 5) is 10.2. The average Bonchev–Trinajstić information content (AvgIpc) is 2.47. The van der Waals surface area contributed by atoms with E-state index in [4.69, 9.17) is 0 Å². The number of hydrogen-bond acceptors (Lipinski definition) is 3. The third-order valence-electron chi connectivity index (χ3n) is 3.23. The number of hydrogen-bond donors (Lipinski definition) is 0. The molecule has 0 spiro atoms. The minimum Gasteiger partial charge on any atom is -0.258 e. The van der Waals surface area contributed by atoms with Crippen molar-refractivity contribution in [2.45, 2.75) is 12.3 Å². The molecule has 0 saturated heterocycles. The van der Waals surface area contributed by atoms with Gasteiger partial charge < -0.3 is 0 Å². The number of non-ortho nitro benzene ring substituents is 1. The molecular formula is C15H12N2O2. The van der Waals surface area contributed by atoms with E-state index in [1.165, 1.54) is 12.1 Å². The van der Waals surface area contributed by atoms with Crippen LogP contribution in [0.25, 0.3) is 0 Å². The Bertz CT molecular complexity index is 629. The largest absolute Gasteiger partial charge is 0.269 e. The molecule has 0 bridgehead atoms. The van der Waals surface area contributed by atoms with Gasteiger partial charge in [0, 0.05) is 12.1 Å². The Kier molecular flexibility index (Phi) is 3.30. The van der Waals surface area contributed by atoms with Gasteiger partial charge in [0.05, 0.1) is 11.0 Å². The van der Waals surface area contributed by atoms with Crippen LogP contribution in [0.5, 0.6) is 0 Å². The van der Waals surface area contributed by atoms with Crippen molar-refractivity contribution in [1.82, 2.24) is 0 Å². The van der Waals surface area contributed by atoms with Gasteiger partial charge in [-0.1, -0.05) is 42.5 Å². The molecule has 2 aromatic rings. The second-order valence-corrected chi connectivity index (χ2v) is 4.41. The van der Waals surface area contributed by atoms with Crippen LogP contribution in [0.4, 0.5) is 5.69 Å². The van der Waals surface area contributed by atoms with E-state index < -0.39 is 10.3 Å². The second kappa shape index (κ2) is 4.91. The highest BCUT2D eigenvalue weighted by Gasteiger charge is 2.28. The summed E-state index contributed by atoms with van der Waals surface area (Å²) in [5.41, 5.74) is 0.825. The van der Waals surface area contributed by atoms with Gasteiger partial charge in [0.25, 0.3) is 5.69 Å². The topological polar surface area (TPSA) is 66.9 Å². The van der Waals surface area contributed by atoms with E-state index in [1.54, 1.807) is 12.1 Å². The molecule has 19 heavy (non-hydrogen) atoms. The highest BCUT2D eigenvalue weighted by atomic mass is 16.6. The van der Waals surface area contributed by atoms with Crippen molar-refractivity contribution in [3.8, 4) is 6.07 Å². The molecule has 0 saturated carbocycles. The van der Waals surface area contributed by atoms with Crippen molar-refractivity contribution in [2.24, 2.45) is 0 Å². The van der Waals surface area contributed by atoms with Gasteiger partial charge in [0.2, 0.25) is 0 Å². The van der Waals surface area contributed by atoms with Gasteiger partial charge in [-0.2, -0.15) is 5.26 Å². The quantitative estimate of drug-likeness (QED) is 0.620. The van der Waals surface area contributed by atoms with Crippen molar-refractivity contribution >= 4 is 5.69 Å². The third kappa shape index (κ3) is 2.31. The Morgan fingerprint density at radius 3 is 2.05 bits per heavy atom. The highest BCUT2D eigenvalue weighted by molar-refractivity contribution is 5.47. The summed E-state index contributed by atoms with van der Waals surface area (Å²) in [6.07, 6.45) is 0. The molecule has 0 heterocycles. The maximum atomic E-state index is 10.6. The van der Waals surface area contributed by atoms with Gasteiger partial charge in [-0.25, -0.2) is 0 Å². The first kappa shape index (κ1) is 12.8. The summed E-state index contributed by atoms with van der Waals surface area (Å²) in [7, 11) is 0. The second-order valence-electron chi connectivity index (χ2n) is 4.41. The highest BCUT2D eigenvalue weighted by Crippen LogP contribution is 2.32. The van der Waals surface area contributed by atoms with Gasteiger partial charge in [-0.05, 0) is 18.1 Å². The predicted octanol–water partition coefficient (Wildman–Crippen LogP) is 3.42. The van der Waals surface area contributed by atoms with E-state index in [2.05, 4.69) is 6.07 Å². The monoisotopic (exact) mass is 252 g/mol. The lowest BCUT2D eigenvalue weighted by Crippen LogP contribution is -2.21. The van der Waals surface area contributed by atoms with Crippen molar-refractivity contribution in [2.75, 3.05) is 0 Å². The molecule has 0 fully saturated rings. The molecule has 0 aliphatic heterocycles. The Balaban J connectivity index is 2.48. The summed E-state index contributed by atoms with van der Waals surface area (Å²) in [5.74, 6) is 0. The first-order valence-corrected chi connectivity index (χ1v) is 5.79. The zero-order valence-electron chi connectivity index (χ0n) is 10.4. The van der Waals surface area contributed by atoms with Gasteiger partial charge in [0.15, 0.2) is 0 Å². The number of nitriles is 1. The van der Waals surface area contributed by atoms with Crippen LogP contribution in [0, 0.1) is 21.4 Å². The van der Waals surface area contributed by atoms with Crippen molar-refractivity contribution in [1.29, 1.82) is 5.26 Å². The van der Waals surface area contributed by atoms with Crippen LogP contribution < -0.4 is 0 Å². The Morgan fingerprint density at radius 1 is 1.05 bits per heavy atom. The zero-order chi connectivity index (χ0) is 13.9. The molecule has 1 atom stereocenters. The van der Waals surface area contributed by atoms with Crippen LogP contribution in [0.1, 0.15) is 18.1 Å². The molecule has 1 unspecified atom stereocenters. The Labute approximate surface area is 111 Å². The number of nitro benzene ring substituents is 1. The molecule has 0 aliphatic rings. The molecule has 2 rings (SSSR count). The maximum absolute atomic E-state index is 10.6. The summed E-state index contributed by atoms with van der Waals surface area (Å²) in [6.45, 7) is 1.81. The van der Waals surface area contributed by atoms with Gasteiger partial charge in [-0.3, -0.25) is 10.1 Å². The zero-order valence-corrected chi connectivity index (χ0v) is 10.4. The van der Waals surface area contributed by atoms with Crippen LogP contribution in [0.3, 0.4) is 0 Å². The molecule has 0 aliphatic carbocycles. The van der Waals surface area contributed by atoms with Crippen LogP contribution in [0.15, 0.2) is 54.6 Å². The Hall–Kier alpha value is -2.67. The summed E-state index contributed by atoms with van der Waals surface area (Å²) < 4.78 is 0. The van der Waals surface area contributed by atoms with Crippen molar-refractivity contribution in [3.05, 3.63) is 75.8 Å². The predicted molar refractivity (Wildman–Crippen MR) is 71.6 cm³/mol. The summed E-state index contributed by atoms with van der Waals surface area (Å²) >= 11 is 0. The van der Waals surface area contributed by atoms with Crippen molar-refractivity contribution < 1.29 is 4.92 Å². The molecule has 0 aromatic heterocycles. The van der Waals surface area contributed by atoms with E-state index in [0.29, 0.717) is 0 Å². The molecule has 4 nitrogen and oxygen atoms in total. The molecule has 2 aromatic carbocycles. The lowest BCUT2D eigenvalue weighted by atomic mass is 9.77. The van der Waals surface area contributed by atoms with E-state index in [1.807, 2.05) is 37.3 Å². The van der Waals surface area contributed by atoms with Crippen LogP contribution >= 0.6 is 0 Å². The molecule has 0 amide bonds. The molecule has 94 valence electrons. The molecule has 0 radical (unpaired) electrons. The molecule has 0 N–H and O–H groups in total. The third-order valence-corrected chi connectivity index (χ3v) is 3.23. The minimum atomic E-state index is -0.809. The first-order valence-electron chi connectivity index (χ1n) is 5.79. The fourth-order valence-corrected chi connectivity index (χ4v) is 1.98. The maximum Gasteiger partial charge on any atom is 0.269 e. The summed E-state index contributed by atoms with van der Waals surface area (Å²) in [5, 5.41) is 20.1. The smallest absolute Gasteiger partial charge is 0.258 e. The molecular weight excluding hydrogens is 240 g/mol. The minimum absolute atomic E-state index is 0.0251. The standard InChI is InChI=1S/C15H12N2O2/c1-15(11-16,12-5-3-2-4-6-12)13-7-9-14(10-8-13)17(18)19/h2-10H,1H3. The normalized spacial score (nSPS) is 13.3. The van der Waals surface area contributed by atoms with Gasteiger partial charge in [-0.15, -0.1) is 0 Å². The van der Waals surface area contributed by atoms with Gasteiger partial charge >= 0.3 is 0 Å². The number of nitro groups is 1. The lowest BCUT2D eigenvalue weighted by Gasteiger charge is -2.22. The molecule has 4 heteroatoms. The Morgan fingerprint density at radius 2 is 1.58 bits per heavy atom. The van der Waals surface area contributed by atoms with Crippen LogP contribution in [-0.4, -0.2) is 4.92 Å². The number of rotatable bonds is 3. The average molecular weight is 252 g/mol. The van der Waals surface area contributed by atoms with E-state index in [-0.39, 0.29) is 5.69 Å². The van der Waals surface area contributed by atoms with Crippen LogP contribution in [0.2, 0.25) is 0 Å². The number of benzene rings is 2. The fraction of sp³-hybridized carbons (Fsp3) is 0.133. The van der Waals surface area contributed by atoms with E-state index in [9.17, 15) is 15.4 Å².